The maximum absolute atomic E-state index is 12.3. The molecule has 110 valence electrons. The van der Waals surface area contributed by atoms with Gasteiger partial charge in [0, 0.05) is 17.4 Å². The molecule has 1 aliphatic carbocycles. The van der Waals surface area contributed by atoms with Crippen LogP contribution in [0.4, 0.5) is 0 Å². The van der Waals surface area contributed by atoms with Gasteiger partial charge in [-0.05, 0) is 48.9 Å². The Labute approximate surface area is 128 Å². The van der Waals surface area contributed by atoms with Crippen molar-refractivity contribution in [2.75, 3.05) is 11.9 Å². The Hall–Kier alpha value is -1.03. The van der Waals surface area contributed by atoms with Crippen molar-refractivity contribution in [1.82, 2.24) is 5.32 Å². The molecule has 4 heteroatoms. The smallest absolute Gasteiger partial charge is 0.251 e. The highest BCUT2D eigenvalue weighted by Crippen LogP contribution is 2.37. The average Bonchev–Trinajstić information content (AvgIpc) is 2.46. The first kappa shape index (κ1) is 15.4. The van der Waals surface area contributed by atoms with E-state index in [2.05, 4.69) is 21.2 Å². The van der Waals surface area contributed by atoms with Crippen LogP contribution in [0.1, 0.15) is 48.0 Å². The zero-order valence-corrected chi connectivity index (χ0v) is 13.5. The number of benzene rings is 1. The summed E-state index contributed by atoms with van der Waals surface area (Å²) < 4.78 is 0. The third-order valence-electron chi connectivity index (χ3n) is 4.28. The largest absolute Gasteiger partial charge is 0.508 e. The standard InChI is InChI=1S/C16H22BrNO2/c1-12-9-13(19)5-6-14(12)15(20)18-11-16(10-17)7-3-2-4-8-16/h5-6,9,19H,2-4,7-8,10-11H2,1H3,(H,18,20). The number of halogens is 1. The van der Waals surface area contributed by atoms with E-state index in [1.165, 1.54) is 32.1 Å². The molecule has 1 aromatic rings. The van der Waals surface area contributed by atoms with Crippen molar-refractivity contribution < 1.29 is 9.90 Å². The molecular weight excluding hydrogens is 318 g/mol. The van der Waals surface area contributed by atoms with Crippen LogP contribution >= 0.6 is 15.9 Å². The van der Waals surface area contributed by atoms with Crippen LogP contribution in [0, 0.1) is 12.3 Å². The number of carbonyl (C=O) groups excluding carboxylic acids is 1. The Balaban J connectivity index is 2.00. The van der Waals surface area contributed by atoms with Gasteiger partial charge in [0.2, 0.25) is 0 Å². The van der Waals surface area contributed by atoms with Crippen LogP contribution in [0.25, 0.3) is 0 Å². The van der Waals surface area contributed by atoms with E-state index in [0.29, 0.717) is 5.56 Å². The number of amides is 1. The summed E-state index contributed by atoms with van der Waals surface area (Å²) >= 11 is 3.61. The number of hydrogen-bond acceptors (Lipinski definition) is 2. The van der Waals surface area contributed by atoms with Gasteiger partial charge in [-0.25, -0.2) is 0 Å². The Kier molecular flexibility index (Phi) is 5.08. The van der Waals surface area contributed by atoms with Crippen molar-refractivity contribution in [2.24, 2.45) is 5.41 Å². The van der Waals surface area contributed by atoms with Crippen LogP contribution in [0.5, 0.6) is 5.75 Å². The monoisotopic (exact) mass is 339 g/mol. The van der Waals surface area contributed by atoms with Crippen molar-refractivity contribution in [1.29, 1.82) is 0 Å². The summed E-state index contributed by atoms with van der Waals surface area (Å²) in [4.78, 5) is 12.3. The van der Waals surface area contributed by atoms with E-state index in [1.54, 1.807) is 18.2 Å². The second-order valence-corrected chi connectivity index (χ2v) is 6.44. The molecule has 0 aromatic heterocycles. The molecule has 0 atom stereocenters. The van der Waals surface area contributed by atoms with E-state index in [0.717, 1.165) is 17.4 Å². The molecule has 0 saturated heterocycles. The summed E-state index contributed by atoms with van der Waals surface area (Å²) in [7, 11) is 0. The maximum atomic E-state index is 12.3. The number of phenolic OH excluding ortho intramolecular Hbond substituents is 1. The lowest BCUT2D eigenvalue weighted by Gasteiger charge is -2.35. The summed E-state index contributed by atoms with van der Waals surface area (Å²) in [5.74, 6) is 0.150. The molecule has 1 fully saturated rings. The molecule has 1 amide bonds. The Morgan fingerprint density at radius 2 is 2.05 bits per heavy atom. The van der Waals surface area contributed by atoms with Crippen molar-refractivity contribution >= 4 is 21.8 Å². The summed E-state index contributed by atoms with van der Waals surface area (Å²) in [5.41, 5.74) is 1.65. The molecule has 0 spiro atoms. The fraction of sp³-hybridized carbons (Fsp3) is 0.562. The molecule has 0 unspecified atom stereocenters. The predicted molar refractivity (Wildman–Crippen MR) is 84.5 cm³/mol. The number of hydrogen-bond donors (Lipinski definition) is 2. The first-order valence-electron chi connectivity index (χ1n) is 7.20. The quantitative estimate of drug-likeness (QED) is 0.820. The number of nitrogens with one attached hydrogen (secondary N) is 1. The number of phenols is 1. The first-order valence-corrected chi connectivity index (χ1v) is 8.32. The van der Waals surface area contributed by atoms with Crippen LogP contribution in [-0.2, 0) is 0 Å². The fourth-order valence-corrected chi connectivity index (χ4v) is 3.68. The first-order chi connectivity index (χ1) is 9.56. The molecule has 1 saturated carbocycles. The highest BCUT2D eigenvalue weighted by molar-refractivity contribution is 9.09. The van der Waals surface area contributed by atoms with Gasteiger partial charge in [-0.2, -0.15) is 0 Å². The second-order valence-electron chi connectivity index (χ2n) is 5.88. The number of carbonyl (C=O) groups is 1. The molecule has 0 radical (unpaired) electrons. The van der Waals surface area contributed by atoms with E-state index in [-0.39, 0.29) is 17.1 Å². The minimum Gasteiger partial charge on any atom is -0.508 e. The lowest BCUT2D eigenvalue weighted by atomic mass is 9.75. The summed E-state index contributed by atoms with van der Waals surface area (Å²) in [5, 5.41) is 13.4. The van der Waals surface area contributed by atoms with Crippen LogP contribution in [0.15, 0.2) is 18.2 Å². The van der Waals surface area contributed by atoms with Crippen molar-refractivity contribution in [2.45, 2.75) is 39.0 Å². The van der Waals surface area contributed by atoms with Gasteiger partial charge >= 0.3 is 0 Å². The van der Waals surface area contributed by atoms with Gasteiger partial charge < -0.3 is 10.4 Å². The van der Waals surface area contributed by atoms with Gasteiger partial charge in [0.25, 0.3) is 5.91 Å². The molecular formula is C16H22BrNO2. The summed E-state index contributed by atoms with van der Waals surface area (Å²) in [6, 6.07) is 4.86. The van der Waals surface area contributed by atoms with Crippen LogP contribution < -0.4 is 5.32 Å². The minimum absolute atomic E-state index is 0.0478. The SMILES string of the molecule is Cc1cc(O)ccc1C(=O)NCC1(CBr)CCCCC1. The summed E-state index contributed by atoms with van der Waals surface area (Å²) in [6.45, 7) is 2.56. The highest BCUT2D eigenvalue weighted by Gasteiger charge is 2.31. The molecule has 3 nitrogen and oxygen atoms in total. The van der Waals surface area contributed by atoms with E-state index in [1.807, 2.05) is 6.92 Å². The molecule has 2 N–H and O–H groups in total. The molecule has 0 bridgehead atoms. The van der Waals surface area contributed by atoms with E-state index >= 15 is 0 Å². The Bertz CT molecular complexity index is 481. The van der Waals surface area contributed by atoms with Crippen LogP contribution in [-0.4, -0.2) is 22.9 Å². The van der Waals surface area contributed by atoms with E-state index < -0.39 is 0 Å². The van der Waals surface area contributed by atoms with Crippen molar-refractivity contribution in [3.05, 3.63) is 29.3 Å². The molecule has 1 aliphatic rings. The number of aromatic hydroxyl groups is 1. The van der Waals surface area contributed by atoms with Gasteiger partial charge in [0.1, 0.15) is 5.75 Å². The third kappa shape index (κ3) is 3.54. The topological polar surface area (TPSA) is 49.3 Å². The lowest BCUT2D eigenvalue weighted by Crippen LogP contribution is -2.40. The Morgan fingerprint density at radius 3 is 2.65 bits per heavy atom. The van der Waals surface area contributed by atoms with Crippen molar-refractivity contribution in [3.63, 3.8) is 0 Å². The molecule has 0 heterocycles. The van der Waals surface area contributed by atoms with Crippen molar-refractivity contribution in [3.8, 4) is 5.75 Å². The summed E-state index contributed by atoms with van der Waals surface area (Å²) in [6.07, 6.45) is 6.15. The fourth-order valence-electron chi connectivity index (χ4n) is 2.93. The number of rotatable bonds is 4. The van der Waals surface area contributed by atoms with Crippen LogP contribution in [0.2, 0.25) is 0 Å². The Morgan fingerprint density at radius 1 is 1.35 bits per heavy atom. The lowest BCUT2D eigenvalue weighted by molar-refractivity contribution is 0.0921. The highest BCUT2D eigenvalue weighted by atomic mass is 79.9. The average molecular weight is 340 g/mol. The number of aryl methyl sites for hydroxylation is 1. The minimum atomic E-state index is -0.0478. The zero-order valence-electron chi connectivity index (χ0n) is 11.9. The normalized spacial score (nSPS) is 17.7. The molecule has 20 heavy (non-hydrogen) atoms. The molecule has 0 aliphatic heterocycles. The third-order valence-corrected chi connectivity index (χ3v) is 5.47. The number of alkyl halides is 1. The van der Waals surface area contributed by atoms with Gasteiger partial charge in [0.15, 0.2) is 0 Å². The zero-order chi connectivity index (χ0) is 14.6. The molecule has 1 aromatic carbocycles. The molecule has 2 rings (SSSR count). The maximum Gasteiger partial charge on any atom is 0.251 e. The van der Waals surface area contributed by atoms with E-state index in [9.17, 15) is 9.90 Å². The van der Waals surface area contributed by atoms with Gasteiger partial charge in [-0.15, -0.1) is 0 Å². The van der Waals surface area contributed by atoms with Gasteiger partial charge in [-0.3, -0.25) is 4.79 Å². The van der Waals surface area contributed by atoms with E-state index in [4.69, 9.17) is 0 Å². The van der Waals surface area contributed by atoms with Gasteiger partial charge in [-0.1, -0.05) is 35.2 Å². The van der Waals surface area contributed by atoms with Gasteiger partial charge in [0.05, 0.1) is 0 Å². The predicted octanol–water partition coefficient (Wildman–Crippen LogP) is 3.78. The second kappa shape index (κ2) is 6.61. The van der Waals surface area contributed by atoms with Crippen LogP contribution in [0.3, 0.4) is 0 Å².